The van der Waals surface area contributed by atoms with E-state index in [1.54, 1.807) is 22.9 Å². The van der Waals surface area contributed by atoms with Crippen LogP contribution in [-0.4, -0.2) is 66.5 Å². The zero-order valence-electron chi connectivity index (χ0n) is 22.8. The first kappa shape index (κ1) is 26.1. The molecule has 0 atom stereocenters. The lowest BCUT2D eigenvalue weighted by Crippen LogP contribution is -2.44. The lowest BCUT2D eigenvalue weighted by atomic mass is 10.0. The third-order valence-corrected chi connectivity index (χ3v) is 8.14. The highest BCUT2D eigenvalue weighted by Crippen LogP contribution is 2.37. The van der Waals surface area contributed by atoms with Crippen LogP contribution in [0.3, 0.4) is 0 Å². The molecule has 10 nitrogen and oxygen atoms in total. The summed E-state index contributed by atoms with van der Waals surface area (Å²) in [5, 5.41) is 10.2. The summed E-state index contributed by atoms with van der Waals surface area (Å²) in [6, 6.07) is 20.3. The van der Waals surface area contributed by atoms with Crippen molar-refractivity contribution in [2.75, 3.05) is 50.2 Å². The molecule has 11 heteroatoms. The minimum absolute atomic E-state index is 0.138. The average Bonchev–Trinajstić information content (AvgIpc) is 3.62. The van der Waals surface area contributed by atoms with Gasteiger partial charge >= 0.3 is 0 Å². The van der Waals surface area contributed by atoms with E-state index in [1.165, 1.54) is 0 Å². The normalized spacial score (nSPS) is 15.0. The van der Waals surface area contributed by atoms with Crippen LogP contribution in [0.4, 0.5) is 11.4 Å². The van der Waals surface area contributed by atoms with Crippen LogP contribution in [0, 0.1) is 0 Å². The number of hydrogen-bond acceptors (Lipinski definition) is 7. The number of nitrogens with one attached hydrogen (secondary N) is 1. The maximum Gasteiger partial charge on any atom is 0.269 e. The van der Waals surface area contributed by atoms with E-state index >= 15 is 0 Å². The Morgan fingerprint density at radius 1 is 0.881 bits per heavy atom. The molecular weight excluding hydrogens is 556 g/mol. The van der Waals surface area contributed by atoms with Crippen LogP contribution in [0.25, 0.3) is 27.4 Å². The fourth-order valence-electron chi connectivity index (χ4n) is 5.54. The Morgan fingerprint density at radius 3 is 2.45 bits per heavy atom. The van der Waals surface area contributed by atoms with Crippen molar-refractivity contribution in [3.63, 3.8) is 0 Å². The first-order valence-electron chi connectivity index (χ1n) is 13.6. The Bertz CT molecular complexity index is 1900. The van der Waals surface area contributed by atoms with E-state index in [0.717, 1.165) is 42.6 Å². The van der Waals surface area contributed by atoms with Gasteiger partial charge in [0.2, 0.25) is 6.79 Å². The molecule has 42 heavy (non-hydrogen) atoms. The molecule has 0 aliphatic carbocycles. The summed E-state index contributed by atoms with van der Waals surface area (Å²) < 4.78 is 12.7. The number of benzene rings is 4. The molecule has 0 unspecified atom stereocenters. The largest absolute Gasteiger partial charge is 0.454 e. The van der Waals surface area contributed by atoms with Gasteiger partial charge in [0.25, 0.3) is 11.8 Å². The van der Waals surface area contributed by atoms with Crippen molar-refractivity contribution in [2.45, 2.75) is 0 Å². The van der Waals surface area contributed by atoms with Gasteiger partial charge in [0, 0.05) is 54.4 Å². The summed E-state index contributed by atoms with van der Waals surface area (Å²) in [6.07, 6.45) is 0. The average molecular weight is 583 g/mol. The van der Waals surface area contributed by atoms with Crippen LogP contribution in [0.2, 0.25) is 5.02 Å². The summed E-state index contributed by atoms with van der Waals surface area (Å²) in [7, 11) is 2.10. The van der Waals surface area contributed by atoms with Crippen LogP contribution in [-0.2, 0) is 0 Å². The van der Waals surface area contributed by atoms with E-state index in [0.29, 0.717) is 44.4 Å². The highest BCUT2D eigenvalue weighted by atomic mass is 35.5. The fourth-order valence-corrected chi connectivity index (χ4v) is 5.74. The van der Waals surface area contributed by atoms with Gasteiger partial charge in [0.05, 0.1) is 21.8 Å². The monoisotopic (exact) mass is 582 g/mol. The first-order valence-corrected chi connectivity index (χ1v) is 13.9. The van der Waals surface area contributed by atoms with Gasteiger partial charge < -0.3 is 30.3 Å². The van der Waals surface area contributed by atoms with E-state index < -0.39 is 5.91 Å². The molecule has 1 aromatic heterocycles. The van der Waals surface area contributed by atoms with Crippen molar-refractivity contribution in [3.05, 3.63) is 83.0 Å². The Balaban J connectivity index is 1.28. The number of nitrogens with two attached hydrogens (primary N) is 1. The second-order valence-corrected chi connectivity index (χ2v) is 10.9. The molecule has 0 bridgehead atoms. The number of halogens is 1. The van der Waals surface area contributed by atoms with Crippen LogP contribution < -0.4 is 25.4 Å². The molecule has 212 valence electrons. The van der Waals surface area contributed by atoms with E-state index in [2.05, 4.69) is 27.3 Å². The van der Waals surface area contributed by atoms with Crippen molar-refractivity contribution < 1.29 is 19.1 Å². The molecule has 7 rings (SSSR count). The molecule has 5 aromatic rings. The number of ether oxygens (including phenoxy) is 2. The summed E-state index contributed by atoms with van der Waals surface area (Å²) >= 11 is 6.49. The number of hydrogen-bond donors (Lipinski definition) is 2. The number of aromatic nitrogens is 2. The summed E-state index contributed by atoms with van der Waals surface area (Å²) in [4.78, 5) is 30.4. The van der Waals surface area contributed by atoms with E-state index in [4.69, 9.17) is 26.8 Å². The Morgan fingerprint density at radius 2 is 1.64 bits per heavy atom. The molecule has 1 fully saturated rings. The van der Waals surface area contributed by atoms with Crippen LogP contribution in [0.15, 0.2) is 66.7 Å². The van der Waals surface area contributed by atoms with E-state index in [9.17, 15) is 9.59 Å². The van der Waals surface area contributed by atoms with Gasteiger partial charge in [0.15, 0.2) is 17.2 Å². The van der Waals surface area contributed by atoms with Gasteiger partial charge in [-0.1, -0.05) is 23.7 Å². The number of piperazine rings is 1. The van der Waals surface area contributed by atoms with Crippen LogP contribution in [0.1, 0.15) is 20.8 Å². The smallest absolute Gasteiger partial charge is 0.269 e. The van der Waals surface area contributed by atoms with Gasteiger partial charge in [-0.15, -0.1) is 0 Å². The molecule has 4 aromatic carbocycles. The first-order chi connectivity index (χ1) is 20.4. The number of likely N-dealkylation sites (N-methyl/N-ethyl adjacent to an activating group) is 1. The number of fused-ring (bicyclic) bond motifs is 4. The predicted octanol–water partition coefficient (Wildman–Crippen LogP) is 4.66. The standard InChI is InChI=1S/C31H27ClN6O4/c1-36-10-12-37(13-11-36)20-5-8-25(32)24(15-20)31(40)34-19-4-2-18-3-7-22-28(30(33)39)35-38(29(22)23(18)14-19)21-6-9-26-27(16-21)42-17-41-26/h2-9,14-16H,10-13,17H2,1H3,(H2,33,39)(H,34,40). The number of carbonyl (C=O) groups is 2. The minimum atomic E-state index is -0.641. The second-order valence-electron chi connectivity index (χ2n) is 10.5. The van der Waals surface area contributed by atoms with Crippen molar-refractivity contribution >= 4 is 56.5 Å². The third kappa shape index (κ3) is 4.54. The summed E-state index contributed by atoms with van der Waals surface area (Å²) in [6.45, 7) is 3.81. The topological polar surface area (TPSA) is 115 Å². The zero-order valence-corrected chi connectivity index (χ0v) is 23.5. The van der Waals surface area contributed by atoms with Crippen LogP contribution in [0.5, 0.6) is 11.5 Å². The highest BCUT2D eigenvalue weighted by molar-refractivity contribution is 6.34. The molecule has 2 aliphatic heterocycles. The molecule has 3 heterocycles. The van der Waals surface area contributed by atoms with Crippen LogP contribution >= 0.6 is 11.6 Å². The number of nitrogens with zero attached hydrogens (tertiary/aromatic N) is 4. The quantitative estimate of drug-likeness (QED) is 0.310. The second kappa shape index (κ2) is 10.2. The summed E-state index contributed by atoms with van der Waals surface area (Å²) in [5.41, 5.74) is 9.14. The van der Waals surface area contributed by atoms with Crippen molar-refractivity contribution in [1.82, 2.24) is 14.7 Å². The zero-order chi connectivity index (χ0) is 29.0. The molecule has 1 saturated heterocycles. The summed E-state index contributed by atoms with van der Waals surface area (Å²) in [5.74, 6) is 0.263. The van der Waals surface area contributed by atoms with Gasteiger partial charge in [-0.05, 0) is 61.0 Å². The van der Waals surface area contributed by atoms with Gasteiger partial charge in [0.1, 0.15) is 0 Å². The van der Waals surface area contributed by atoms with Crippen molar-refractivity contribution in [1.29, 1.82) is 0 Å². The molecule has 2 amide bonds. The van der Waals surface area contributed by atoms with E-state index in [1.807, 2.05) is 48.5 Å². The van der Waals surface area contributed by atoms with E-state index in [-0.39, 0.29) is 18.4 Å². The molecule has 3 N–H and O–H groups in total. The molecule has 0 saturated carbocycles. The molecule has 0 spiro atoms. The number of primary amides is 1. The number of carbonyl (C=O) groups excluding carboxylic acids is 2. The lowest BCUT2D eigenvalue weighted by Gasteiger charge is -2.34. The number of amides is 2. The lowest BCUT2D eigenvalue weighted by molar-refractivity contribution is 0.0994. The Kier molecular flexibility index (Phi) is 6.37. The molecule has 0 radical (unpaired) electrons. The maximum atomic E-state index is 13.5. The third-order valence-electron chi connectivity index (χ3n) is 7.81. The van der Waals surface area contributed by atoms with Gasteiger partial charge in [-0.3, -0.25) is 9.59 Å². The molecular formula is C31H27ClN6O4. The maximum absolute atomic E-state index is 13.5. The predicted molar refractivity (Wildman–Crippen MR) is 162 cm³/mol. The number of rotatable bonds is 5. The molecule has 2 aliphatic rings. The van der Waals surface area contributed by atoms with Gasteiger partial charge in [-0.25, -0.2) is 4.68 Å². The van der Waals surface area contributed by atoms with Crippen molar-refractivity contribution in [2.24, 2.45) is 5.73 Å². The van der Waals surface area contributed by atoms with Crippen molar-refractivity contribution in [3.8, 4) is 17.2 Å². The highest BCUT2D eigenvalue weighted by Gasteiger charge is 2.22. The minimum Gasteiger partial charge on any atom is -0.454 e. The SMILES string of the molecule is CN1CCN(c2ccc(Cl)c(C(=O)Nc3ccc4ccc5c(C(N)=O)nn(-c6ccc7c(c6)OCO7)c5c4c3)c2)CC1. The Hall–Kier alpha value is -4.80. The fraction of sp³-hybridized carbons (Fsp3) is 0.194. The number of anilines is 2. The Labute approximate surface area is 246 Å². The van der Waals surface area contributed by atoms with Gasteiger partial charge in [-0.2, -0.15) is 5.10 Å².